The van der Waals surface area contributed by atoms with Crippen molar-refractivity contribution < 1.29 is 13.2 Å². The smallest absolute Gasteiger partial charge is 0.214 e. The molecule has 0 bridgehead atoms. The third-order valence-corrected chi connectivity index (χ3v) is 4.60. The van der Waals surface area contributed by atoms with Gasteiger partial charge in [-0.2, -0.15) is 0 Å². The molecule has 1 N–H and O–H groups in total. The van der Waals surface area contributed by atoms with Gasteiger partial charge < -0.3 is 4.74 Å². The Morgan fingerprint density at radius 1 is 1.15 bits per heavy atom. The van der Waals surface area contributed by atoms with Crippen LogP contribution in [0.1, 0.15) is 18.5 Å². The lowest BCUT2D eigenvalue weighted by molar-refractivity contribution is 0.216. The highest BCUT2D eigenvalue weighted by molar-refractivity contribution is 7.89. The predicted molar refractivity (Wildman–Crippen MR) is 81.2 cm³/mol. The van der Waals surface area contributed by atoms with E-state index in [1.807, 2.05) is 49.4 Å². The molecule has 1 atom stereocenters. The van der Waals surface area contributed by atoms with E-state index < -0.39 is 10.0 Å². The third-order valence-electron chi connectivity index (χ3n) is 3.19. The van der Waals surface area contributed by atoms with Gasteiger partial charge in [-0.1, -0.05) is 36.4 Å². The minimum absolute atomic E-state index is 0.0264. The molecule has 0 saturated carbocycles. The van der Waals surface area contributed by atoms with E-state index in [0.717, 1.165) is 16.3 Å². The zero-order valence-electron chi connectivity index (χ0n) is 11.7. The number of hydrogen-bond donors (Lipinski definition) is 1. The molecular weight excluding hydrogens is 274 g/mol. The SMILES string of the molecule is COCCS(=O)(=O)NC(C)c1ccc2ccccc2c1. The molecule has 0 heterocycles. The van der Waals surface area contributed by atoms with E-state index in [4.69, 9.17) is 4.74 Å². The number of rotatable bonds is 6. The zero-order chi connectivity index (χ0) is 14.6. The van der Waals surface area contributed by atoms with Gasteiger partial charge in [-0.05, 0) is 29.3 Å². The maximum atomic E-state index is 11.8. The van der Waals surface area contributed by atoms with Crippen LogP contribution in [0.2, 0.25) is 0 Å². The predicted octanol–water partition coefficient (Wildman–Crippen LogP) is 2.47. The fourth-order valence-electron chi connectivity index (χ4n) is 2.07. The van der Waals surface area contributed by atoms with Gasteiger partial charge in [0.1, 0.15) is 0 Å². The summed E-state index contributed by atoms with van der Waals surface area (Å²) in [5.41, 5.74) is 0.949. The third kappa shape index (κ3) is 3.79. The van der Waals surface area contributed by atoms with Gasteiger partial charge in [0, 0.05) is 13.2 Å². The molecule has 0 spiro atoms. The summed E-state index contributed by atoms with van der Waals surface area (Å²) in [5, 5.41) is 2.25. The summed E-state index contributed by atoms with van der Waals surface area (Å²) in [7, 11) is -1.83. The van der Waals surface area contributed by atoms with Gasteiger partial charge in [-0.15, -0.1) is 0 Å². The molecule has 0 fully saturated rings. The second-order valence-electron chi connectivity index (χ2n) is 4.76. The first-order valence-corrected chi connectivity index (χ1v) is 8.15. The Labute approximate surface area is 119 Å². The molecule has 0 aliphatic carbocycles. The summed E-state index contributed by atoms with van der Waals surface area (Å²) in [5.74, 6) is -0.0264. The summed E-state index contributed by atoms with van der Waals surface area (Å²) in [6.07, 6.45) is 0. The van der Waals surface area contributed by atoms with Crippen LogP contribution in [0, 0.1) is 0 Å². The summed E-state index contributed by atoms with van der Waals surface area (Å²) in [6, 6.07) is 13.7. The Bertz CT molecular complexity index is 682. The lowest BCUT2D eigenvalue weighted by Gasteiger charge is -2.15. The molecule has 2 rings (SSSR count). The molecule has 0 amide bonds. The average molecular weight is 293 g/mol. The number of fused-ring (bicyclic) bond motifs is 1. The summed E-state index contributed by atoms with van der Waals surface area (Å²) >= 11 is 0. The van der Waals surface area contributed by atoms with Crippen molar-refractivity contribution >= 4 is 20.8 Å². The van der Waals surface area contributed by atoms with Crippen molar-refractivity contribution in [2.75, 3.05) is 19.5 Å². The molecular formula is C15H19NO3S. The molecule has 0 aliphatic rings. The Hall–Kier alpha value is -1.43. The van der Waals surface area contributed by atoms with Crippen molar-refractivity contribution in [3.8, 4) is 0 Å². The normalized spacial score (nSPS) is 13.5. The highest BCUT2D eigenvalue weighted by Gasteiger charge is 2.15. The van der Waals surface area contributed by atoms with Crippen LogP contribution in [0.5, 0.6) is 0 Å². The molecule has 20 heavy (non-hydrogen) atoms. The molecule has 5 heteroatoms. The summed E-state index contributed by atoms with van der Waals surface area (Å²) in [6.45, 7) is 2.04. The van der Waals surface area contributed by atoms with Gasteiger partial charge in [0.15, 0.2) is 0 Å². The van der Waals surface area contributed by atoms with Crippen LogP contribution < -0.4 is 4.72 Å². The fourth-order valence-corrected chi connectivity index (χ4v) is 3.25. The molecule has 0 saturated heterocycles. The molecule has 0 aromatic heterocycles. The average Bonchev–Trinajstić information content (AvgIpc) is 2.44. The van der Waals surface area contributed by atoms with Gasteiger partial charge in [-0.25, -0.2) is 13.1 Å². The molecule has 2 aromatic carbocycles. The van der Waals surface area contributed by atoms with E-state index in [2.05, 4.69) is 4.72 Å². The van der Waals surface area contributed by atoms with Gasteiger partial charge >= 0.3 is 0 Å². The van der Waals surface area contributed by atoms with Crippen LogP contribution >= 0.6 is 0 Å². The number of methoxy groups -OCH3 is 1. The van der Waals surface area contributed by atoms with Crippen LogP contribution in [0.15, 0.2) is 42.5 Å². The lowest BCUT2D eigenvalue weighted by Crippen LogP contribution is -2.30. The quantitative estimate of drug-likeness (QED) is 0.890. The highest BCUT2D eigenvalue weighted by atomic mass is 32.2. The van der Waals surface area contributed by atoms with Crippen LogP contribution in [0.3, 0.4) is 0 Å². The molecule has 4 nitrogen and oxygen atoms in total. The van der Waals surface area contributed by atoms with Crippen LogP contribution in [-0.2, 0) is 14.8 Å². The molecule has 0 aliphatic heterocycles. The first kappa shape index (κ1) is 15.0. The number of nitrogens with one attached hydrogen (secondary N) is 1. The number of hydrogen-bond acceptors (Lipinski definition) is 3. The van der Waals surface area contributed by atoms with E-state index >= 15 is 0 Å². The number of ether oxygens (including phenoxy) is 1. The second kappa shape index (κ2) is 6.35. The van der Waals surface area contributed by atoms with Crippen molar-refractivity contribution in [2.24, 2.45) is 0 Å². The van der Waals surface area contributed by atoms with Crippen molar-refractivity contribution in [3.05, 3.63) is 48.0 Å². The Morgan fingerprint density at radius 3 is 2.55 bits per heavy atom. The largest absolute Gasteiger partial charge is 0.384 e. The van der Waals surface area contributed by atoms with Gasteiger partial charge in [-0.3, -0.25) is 0 Å². The van der Waals surface area contributed by atoms with E-state index in [9.17, 15) is 8.42 Å². The van der Waals surface area contributed by atoms with Crippen molar-refractivity contribution in [3.63, 3.8) is 0 Å². The summed E-state index contributed by atoms with van der Waals surface area (Å²) < 4.78 is 31.2. The summed E-state index contributed by atoms with van der Waals surface area (Å²) in [4.78, 5) is 0. The first-order valence-electron chi connectivity index (χ1n) is 6.49. The maximum Gasteiger partial charge on any atom is 0.214 e. The van der Waals surface area contributed by atoms with Crippen LogP contribution in [-0.4, -0.2) is 27.9 Å². The highest BCUT2D eigenvalue weighted by Crippen LogP contribution is 2.20. The number of benzene rings is 2. The standard InChI is InChI=1S/C15H19NO3S/c1-12(16-20(17,18)10-9-19-2)14-8-7-13-5-3-4-6-15(13)11-14/h3-8,11-12,16H,9-10H2,1-2H3. The maximum absolute atomic E-state index is 11.8. The van der Waals surface area contributed by atoms with Gasteiger partial charge in [0.25, 0.3) is 0 Å². The zero-order valence-corrected chi connectivity index (χ0v) is 12.5. The van der Waals surface area contributed by atoms with E-state index in [0.29, 0.717) is 0 Å². The van der Waals surface area contributed by atoms with Gasteiger partial charge in [0.05, 0.1) is 12.4 Å². The van der Waals surface area contributed by atoms with E-state index in [1.165, 1.54) is 7.11 Å². The fraction of sp³-hybridized carbons (Fsp3) is 0.333. The Balaban J connectivity index is 2.16. The van der Waals surface area contributed by atoms with Gasteiger partial charge in [0.2, 0.25) is 10.0 Å². The lowest BCUT2D eigenvalue weighted by atomic mass is 10.0. The second-order valence-corrected chi connectivity index (χ2v) is 6.63. The monoisotopic (exact) mass is 293 g/mol. The van der Waals surface area contributed by atoms with Crippen molar-refractivity contribution in [2.45, 2.75) is 13.0 Å². The number of sulfonamides is 1. The Morgan fingerprint density at radius 2 is 1.85 bits per heavy atom. The minimum Gasteiger partial charge on any atom is -0.384 e. The molecule has 108 valence electrons. The van der Waals surface area contributed by atoms with E-state index in [-0.39, 0.29) is 18.4 Å². The van der Waals surface area contributed by atoms with Crippen molar-refractivity contribution in [1.82, 2.24) is 4.72 Å². The molecule has 2 aromatic rings. The minimum atomic E-state index is -3.32. The van der Waals surface area contributed by atoms with Crippen LogP contribution in [0.4, 0.5) is 0 Å². The topological polar surface area (TPSA) is 55.4 Å². The van der Waals surface area contributed by atoms with Crippen molar-refractivity contribution in [1.29, 1.82) is 0 Å². The first-order chi connectivity index (χ1) is 9.52. The molecule has 0 radical (unpaired) electrons. The van der Waals surface area contributed by atoms with E-state index in [1.54, 1.807) is 0 Å². The molecule has 1 unspecified atom stereocenters. The Kier molecular flexibility index (Phi) is 4.75. The van der Waals surface area contributed by atoms with Crippen LogP contribution in [0.25, 0.3) is 10.8 Å².